The zero-order valence-corrected chi connectivity index (χ0v) is 17.2. The third kappa shape index (κ3) is 2.87. The number of fused-ring (bicyclic) bond motifs is 3. The number of hydrogen-bond donors (Lipinski definition) is 3. The maximum Gasteiger partial charge on any atom is 0.224 e. The highest BCUT2D eigenvalue weighted by atomic mass is 16.4. The lowest BCUT2D eigenvalue weighted by Gasteiger charge is -2.40. The number of hydrazone groups is 1. The standard InChI is InChI=1S/C22H23N7O2/c1-11-14(9-23-26-11)21-13-5-3-2-4-12(13)19-15(25-21)6-7-16-20(19)22(29-27-16)17(30)8-18-28-24-10-31-18/h6-7,9-10,16,20-21,25,27H,2-5,8H2,1H3,(H,23,26). The molecule has 6 rings (SSSR count). The average molecular weight is 417 g/mol. The molecule has 0 saturated heterocycles. The van der Waals surface area contributed by atoms with E-state index in [2.05, 4.69) is 55.3 Å². The zero-order valence-electron chi connectivity index (χ0n) is 17.2. The van der Waals surface area contributed by atoms with Gasteiger partial charge in [0, 0.05) is 17.0 Å². The van der Waals surface area contributed by atoms with Crippen LogP contribution in [0, 0.1) is 12.8 Å². The summed E-state index contributed by atoms with van der Waals surface area (Å²) < 4.78 is 5.18. The molecule has 3 N–H and O–H groups in total. The normalized spacial score (nSPS) is 26.6. The summed E-state index contributed by atoms with van der Waals surface area (Å²) in [4.78, 5) is 13.1. The molecule has 0 aromatic carbocycles. The largest absolute Gasteiger partial charge is 0.428 e. The van der Waals surface area contributed by atoms with Crippen LogP contribution in [-0.2, 0) is 11.2 Å². The van der Waals surface area contributed by atoms with Crippen molar-refractivity contribution in [3.63, 3.8) is 0 Å². The van der Waals surface area contributed by atoms with E-state index in [4.69, 9.17) is 4.42 Å². The lowest BCUT2D eigenvalue weighted by Crippen LogP contribution is -2.41. The number of carbonyl (C=O) groups excluding carboxylic acids is 1. The van der Waals surface area contributed by atoms with E-state index < -0.39 is 0 Å². The number of aromatic amines is 1. The number of dihydropyridines is 1. The Kier molecular flexibility index (Phi) is 4.15. The van der Waals surface area contributed by atoms with Gasteiger partial charge in [-0.3, -0.25) is 9.89 Å². The fourth-order valence-corrected chi connectivity index (χ4v) is 5.31. The summed E-state index contributed by atoms with van der Waals surface area (Å²) in [5.74, 6) is 0.112. The van der Waals surface area contributed by atoms with Gasteiger partial charge in [0.05, 0.1) is 30.6 Å². The van der Waals surface area contributed by atoms with Crippen LogP contribution in [0.2, 0.25) is 0 Å². The average Bonchev–Trinajstić information content (AvgIpc) is 3.53. The van der Waals surface area contributed by atoms with Crippen molar-refractivity contribution in [2.45, 2.75) is 51.1 Å². The second kappa shape index (κ2) is 7.04. The van der Waals surface area contributed by atoms with E-state index >= 15 is 0 Å². The molecule has 3 atom stereocenters. The van der Waals surface area contributed by atoms with Crippen molar-refractivity contribution in [2.24, 2.45) is 11.0 Å². The van der Waals surface area contributed by atoms with E-state index in [1.807, 2.05) is 6.20 Å². The first-order valence-electron chi connectivity index (χ1n) is 10.7. The molecule has 4 aliphatic rings. The Balaban J connectivity index is 1.40. The molecule has 0 radical (unpaired) electrons. The van der Waals surface area contributed by atoms with Gasteiger partial charge in [0.25, 0.3) is 0 Å². The van der Waals surface area contributed by atoms with Crippen molar-refractivity contribution in [2.75, 3.05) is 0 Å². The number of carbonyl (C=O) groups is 1. The van der Waals surface area contributed by atoms with E-state index in [1.54, 1.807) is 0 Å². The molecule has 31 heavy (non-hydrogen) atoms. The Morgan fingerprint density at radius 2 is 2.19 bits per heavy atom. The van der Waals surface area contributed by atoms with Crippen molar-refractivity contribution >= 4 is 11.5 Å². The molecular formula is C22H23N7O2. The predicted octanol–water partition coefficient (Wildman–Crippen LogP) is 2.20. The van der Waals surface area contributed by atoms with Crippen LogP contribution >= 0.6 is 0 Å². The van der Waals surface area contributed by atoms with Crippen LogP contribution in [0.1, 0.15) is 48.9 Å². The Hall–Kier alpha value is -3.49. The summed E-state index contributed by atoms with van der Waals surface area (Å²) in [7, 11) is 0. The molecular weight excluding hydrogens is 394 g/mol. The van der Waals surface area contributed by atoms with Crippen LogP contribution < -0.4 is 10.7 Å². The van der Waals surface area contributed by atoms with Crippen molar-refractivity contribution < 1.29 is 9.21 Å². The first kappa shape index (κ1) is 18.3. The molecule has 3 unspecified atom stereocenters. The molecule has 9 heteroatoms. The molecule has 0 amide bonds. The minimum Gasteiger partial charge on any atom is -0.428 e. The minimum atomic E-state index is -0.114. The number of hydrogen-bond acceptors (Lipinski definition) is 8. The third-order valence-corrected chi connectivity index (χ3v) is 6.73. The SMILES string of the molecule is Cc1[nH]ncc1C1NC2=C(C3=C1CCCC3)C1C(C(=O)Cc3nnco3)=NNC1C=C2. The van der Waals surface area contributed by atoms with Crippen LogP contribution in [0.25, 0.3) is 0 Å². The van der Waals surface area contributed by atoms with E-state index in [9.17, 15) is 4.79 Å². The summed E-state index contributed by atoms with van der Waals surface area (Å²) in [6.07, 6.45) is 11.9. The number of H-pyrrole nitrogens is 1. The summed E-state index contributed by atoms with van der Waals surface area (Å²) in [5, 5.41) is 23.1. The van der Waals surface area contributed by atoms with Gasteiger partial charge in [-0.1, -0.05) is 6.08 Å². The fourth-order valence-electron chi connectivity index (χ4n) is 5.31. The topological polar surface area (TPSA) is 121 Å². The van der Waals surface area contributed by atoms with Gasteiger partial charge in [0.15, 0.2) is 5.78 Å². The molecule has 0 saturated carbocycles. The molecule has 0 bridgehead atoms. The fraction of sp³-hybridized carbons (Fsp3) is 0.409. The van der Waals surface area contributed by atoms with Gasteiger partial charge in [-0.05, 0) is 55.4 Å². The molecule has 0 spiro atoms. The Morgan fingerprint density at radius 1 is 1.29 bits per heavy atom. The lowest BCUT2D eigenvalue weighted by molar-refractivity contribution is -0.112. The van der Waals surface area contributed by atoms with Crippen LogP contribution in [0.4, 0.5) is 0 Å². The second-order valence-corrected chi connectivity index (χ2v) is 8.49. The summed E-state index contributed by atoms with van der Waals surface area (Å²) in [6, 6.07) is 0.0860. The quantitative estimate of drug-likeness (QED) is 0.697. The van der Waals surface area contributed by atoms with Crippen LogP contribution in [0.5, 0.6) is 0 Å². The molecule has 9 nitrogen and oxygen atoms in total. The van der Waals surface area contributed by atoms with Crippen LogP contribution in [0.3, 0.4) is 0 Å². The molecule has 2 aromatic heterocycles. The number of Topliss-reactive ketones (excluding diaryl/α,β-unsaturated/α-hetero) is 1. The number of rotatable bonds is 4. The number of nitrogens with zero attached hydrogens (tertiary/aromatic N) is 4. The predicted molar refractivity (Wildman–Crippen MR) is 112 cm³/mol. The highest BCUT2D eigenvalue weighted by Crippen LogP contribution is 2.47. The number of aryl methyl sites for hydroxylation is 1. The van der Waals surface area contributed by atoms with Crippen molar-refractivity contribution in [3.05, 3.63) is 64.3 Å². The van der Waals surface area contributed by atoms with Crippen molar-refractivity contribution in [1.29, 1.82) is 0 Å². The van der Waals surface area contributed by atoms with Gasteiger partial charge < -0.3 is 15.2 Å². The Labute approximate surface area is 178 Å². The summed E-state index contributed by atoms with van der Waals surface area (Å²) in [5.41, 5.74) is 11.0. The van der Waals surface area contributed by atoms with Gasteiger partial charge in [-0.15, -0.1) is 10.2 Å². The van der Waals surface area contributed by atoms with E-state index in [-0.39, 0.29) is 30.2 Å². The molecule has 4 heterocycles. The highest BCUT2D eigenvalue weighted by Gasteiger charge is 2.44. The minimum absolute atomic E-state index is 0.0231. The van der Waals surface area contributed by atoms with E-state index in [0.717, 1.165) is 30.7 Å². The van der Waals surface area contributed by atoms with Gasteiger partial charge in [-0.2, -0.15) is 10.2 Å². The molecule has 158 valence electrons. The van der Waals surface area contributed by atoms with Gasteiger partial charge in [-0.25, -0.2) is 0 Å². The van der Waals surface area contributed by atoms with Crippen LogP contribution in [-0.4, -0.2) is 37.9 Å². The summed E-state index contributed by atoms with van der Waals surface area (Å²) >= 11 is 0. The lowest BCUT2D eigenvalue weighted by atomic mass is 9.70. The van der Waals surface area contributed by atoms with Crippen LogP contribution in [0.15, 0.2) is 56.7 Å². The molecule has 2 aliphatic heterocycles. The second-order valence-electron chi connectivity index (χ2n) is 8.49. The smallest absolute Gasteiger partial charge is 0.224 e. The van der Waals surface area contributed by atoms with Crippen molar-refractivity contribution in [1.82, 2.24) is 31.1 Å². The van der Waals surface area contributed by atoms with E-state index in [0.29, 0.717) is 11.6 Å². The van der Waals surface area contributed by atoms with Gasteiger partial charge >= 0.3 is 0 Å². The third-order valence-electron chi connectivity index (χ3n) is 6.73. The highest BCUT2D eigenvalue weighted by molar-refractivity contribution is 6.42. The van der Waals surface area contributed by atoms with Crippen molar-refractivity contribution in [3.8, 4) is 0 Å². The first-order valence-corrected chi connectivity index (χ1v) is 10.7. The first-order chi connectivity index (χ1) is 15.2. The number of ketones is 1. The molecule has 2 aliphatic carbocycles. The maximum absolute atomic E-state index is 13.1. The van der Waals surface area contributed by atoms with Gasteiger partial charge in [0.2, 0.25) is 12.3 Å². The Bertz CT molecular complexity index is 1170. The molecule has 0 fully saturated rings. The maximum atomic E-state index is 13.1. The number of aromatic nitrogens is 4. The van der Waals surface area contributed by atoms with Gasteiger partial charge in [0.1, 0.15) is 5.71 Å². The monoisotopic (exact) mass is 417 g/mol. The number of nitrogens with one attached hydrogen (secondary N) is 3. The summed E-state index contributed by atoms with van der Waals surface area (Å²) in [6.45, 7) is 2.06. The zero-order chi connectivity index (χ0) is 20.9. The number of allylic oxidation sites excluding steroid dienone is 2. The Morgan fingerprint density at radius 3 is 3.00 bits per heavy atom. The molecule has 2 aromatic rings. The van der Waals surface area contributed by atoms with E-state index in [1.165, 1.54) is 35.1 Å².